The van der Waals surface area contributed by atoms with Gasteiger partial charge in [-0.05, 0) is 12.8 Å². The van der Waals surface area contributed by atoms with Gasteiger partial charge in [0.25, 0.3) is 0 Å². The Balaban J connectivity index is 2.90. The number of anilines is 3. The van der Waals surface area contributed by atoms with Gasteiger partial charge in [0, 0.05) is 26.2 Å². The van der Waals surface area contributed by atoms with Crippen LogP contribution in [0, 0.1) is 5.92 Å². The molecule has 0 saturated carbocycles. The first-order chi connectivity index (χ1) is 8.64. The molecule has 0 spiro atoms. The summed E-state index contributed by atoms with van der Waals surface area (Å²) in [5, 5.41) is 3.01. The number of rotatable bonds is 7. The molecule has 1 heterocycles. The highest BCUT2D eigenvalue weighted by molar-refractivity contribution is 5.52. The summed E-state index contributed by atoms with van der Waals surface area (Å²) in [7, 11) is 1.84. The molecule has 1 rings (SSSR count). The predicted octanol–water partition coefficient (Wildman–Crippen LogP) is 2.36. The van der Waals surface area contributed by atoms with Crippen LogP contribution >= 0.6 is 0 Å². The minimum absolute atomic E-state index is 0.319. The molecular formula is C13H25N5. The molecule has 3 N–H and O–H groups in total. The minimum atomic E-state index is 0.319. The first-order valence-electron chi connectivity index (χ1n) is 6.71. The molecule has 1 aromatic heterocycles. The van der Waals surface area contributed by atoms with Gasteiger partial charge in [-0.3, -0.25) is 0 Å². The third-order valence-electron chi connectivity index (χ3n) is 3.33. The minimum Gasteiger partial charge on any atom is -0.373 e. The van der Waals surface area contributed by atoms with Crippen LogP contribution in [0.3, 0.4) is 0 Å². The summed E-state index contributed by atoms with van der Waals surface area (Å²) < 4.78 is 0. The summed E-state index contributed by atoms with van der Waals surface area (Å²) in [6, 6.07) is 1.95. The Morgan fingerprint density at radius 3 is 2.44 bits per heavy atom. The second kappa shape index (κ2) is 7.03. The van der Waals surface area contributed by atoms with Gasteiger partial charge in [0.05, 0.1) is 0 Å². The van der Waals surface area contributed by atoms with Crippen LogP contribution < -0.4 is 16.0 Å². The third-order valence-corrected chi connectivity index (χ3v) is 3.33. The van der Waals surface area contributed by atoms with E-state index in [1.54, 1.807) is 0 Å². The second-order valence-corrected chi connectivity index (χ2v) is 4.44. The van der Waals surface area contributed by atoms with Crippen LogP contribution in [0.1, 0.15) is 33.6 Å². The Kier molecular flexibility index (Phi) is 5.68. The van der Waals surface area contributed by atoms with E-state index in [2.05, 4.69) is 41.0 Å². The van der Waals surface area contributed by atoms with E-state index in [1.165, 1.54) is 12.8 Å². The monoisotopic (exact) mass is 251 g/mol. The van der Waals surface area contributed by atoms with Crippen molar-refractivity contribution in [2.24, 2.45) is 5.92 Å². The summed E-state index contributed by atoms with van der Waals surface area (Å²) in [5.74, 6) is 2.68. The number of nitrogens with one attached hydrogen (secondary N) is 1. The molecule has 0 aliphatic heterocycles. The van der Waals surface area contributed by atoms with Gasteiger partial charge in [0.2, 0.25) is 5.95 Å². The largest absolute Gasteiger partial charge is 0.373 e. The molecule has 0 amide bonds. The predicted molar refractivity (Wildman–Crippen MR) is 78.0 cm³/mol. The van der Waals surface area contributed by atoms with Crippen molar-refractivity contribution in [3.63, 3.8) is 0 Å². The molecule has 0 bridgehead atoms. The molecule has 102 valence electrons. The molecule has 0 unspecified atom stereocenters. The van der Waals surface area contributed by atoms with E-state index in [0.717, 1.165) is 24.7 Å². The highest BCUT2D eigenvalue weighted by atomic mass is 15.2. The van der Waals surface area contributed by atoms with Crippen LogP contribution in [-0.2, 0) is 0 Å². The van der Waals surface area contributed by atoms with E-state index >= 15 is 0 Å². The van der Waals surface area contributed by atoms with Crippen molar-refractivity contribution >= 4 is 17.6 Å². The fourth-order valence-corrected chi connectivity index (χ4v) is 1.99. The maximum atomic E-state index is 5.73. The van der Waals surface area contributed by atoms with E-state index in [9.17, 15) is 0 Å². The third kappa shape index (κ3) is 3.75. The van der Waals surface area contributed by atoms with Crippen LogP contribution in [0.2, 0.25) is 0 Å². The lowest BCUT2D eigenvalue weighted by molar-refractivity contribution is 0.484. The van der Waals surface area contributed by atoms with Gasteiger partial charge < -0.3 is 16.0 Å². The van der Waals surface area contributed by atoms with Gasteiger partial charge in [0.15, 0.2) is 0 Å². The Morgan fingerprint density at radius 2 is 1.94 bits per heavy atom. The zero-order valence-corrected chi connectivity index (χ0v) is 11.9. The number of nitrogen functional groups attached to an aromatic ring is 1. The Bertz CT molecular complexity index is 362. The number of hydrogen-bond donors (Lipinski definition) is 2. The molecule has 5 nitrogen and oxygen atoms in total. The van der Waals surface area contributed by atoms with Gasteiger partial charge >= 0.3 is 0 Å². The van der Waals surface area contributed by atoms with Crippen molar-refractivity contribution in [3.05, 3.63) is 6.07 Å². The Morgan fingerprint density at radius 1 is 1.28 bits per heavy atom. The van der Waals surface area contributed by atoms with Crippen molar-refractivity contribution in [1.82, 2.24) is 9.97 Å². The van der Waals surface area contributed by atoms with Crippen molar-refractivity contribution in [2.75, 3.05) is 36.1 Å². The highest BCUT2D eigenvalue weighted by Crippen LogP contribution is 2.19. The summed E-state index contributed by atoms with van der Waals surface area (Å²) >= 11 is 0. The second-order valence-electron chi connectivity index (χ2n) is 4.44. The standard InChI is InChI=1S/C13H25N5/c1-5-10(6-2)9-18(7-3)12-8-11(15-4)16-13(14)17-12/h8,10H,5-7,9H2,1-4H3,(H3,14,15,16,17). The topological polar surface area (TPSA) is 67.1 Å². The SMILES string of the molecule is CCC(CC)CN(CC)c1cc(NC)nc(N)n1. The molecule has 0 aliphatic rings. The average Bonchev–Trinajstić information content (AvgIpc) is 2.39. The van der Waals surface area contributed by atoms with Crippen LogP contribution in [0.5, 0.6) is 0 Å². The van der Waals surface area contributed by atoms with Crippen molar-refractivity contribution < 1.29 is 0 Å². The number of hydrogen-bond acceptors (Lipinski definition) is 5. The van der Waals surface area contributed by atoms with Crippen LogP contribution in [0.15, 0.2) is 6.07 Å². The van der Waals surface area contributed by atoms with Gasteiger partial charge in [-0.2, -0.15) is 9.97 Å². The zero-order valence-electron chi connectivity index (χ0n) is 11.9. The van der Waals surface area contributed by atoms with Gasteiger partial charge in [-0.15, -0.1) is 0 Å². The molecule has 0 aliphatic carbocycles. The quantitative estimate of drug-likeness (QED) is 0.778. The molecule has 1 aromatic rings. The number of nitrogens with two attached hydrogens (primary N) is 1. The summed E-state index contributed by atoms with van der Waals surface area (Å²) in [6.45, 7) is 8.55. The number of aromatic nitrogens is 2. The lowest BCUT2D eigenvalue weighted by atomic mass is 10.0. The van der Waals surface area contributed by atoms with Crippen LogP contribution in [0.25, 0.3) is 0 Å². The van der Waals surface area contributed by atoms with Gasteiger partial charge in [-0.1, -0.05) is 26.7 Å². The molecule has 0 saturated heterocycles. The zero-order chi connectivity index (χ0) is 13.5. The molecule has 0 radical (unpaired) electrons. The normalized spacial score (nSPS) is 10.7. The Hall–Kier alpha value is -1.52. The molecule has 5 heteroatoms. The molecule has 0 aromatic carbocycles. The van der Waals surface area contributed by atoms with E-state index in [4.69, 9.17) is 5.73 Å². The van der Waals surface area contributed by atoms with E-state index in [0.29, 0.717) is 11.9 Å². The summed E-state index contributed by atoms with van der Waals surface area (Å²) in [4.78, 5) is 10.7. The lowest BCUT2D eigenvalue weighted by Crippen LogP contribution is -2.30. The molecule has 0 fully saturated rings. The van der Waals surface area contributed by atoms with E-state index < -0.39 is 0 Å². The number of nitrogens with zero attached hydrogens (tertiary/aromatic N) is 3. The summed E-state index contributed by atoms with van der Waals surface area (Å²) in [5.41, 5.74) is 5.73. The first kappa shape index (κ1) is 14.5. The van der Waals surface area contributed by atoms with Crippen LogP contribution in [-0.4, -0.2) is 30.1 Å². The van der Waals surface area contributed by atoms with Gasteiger partial charge in [-0.25, -0.2) is 0 Å². The summed E-state index contributed by atoms with van der Waals surface area (Å²) in [6.07, 6.45) is 2.37. The van der Waals surface area contributed by atoms with Crippen molar-refractivity contribution in [1.29, 1.82) is 0 Å². The smallest absolute Gasteiger partial charge is 0.223 e. The lowest BCUT2D eigenvalue weighted by Gasteiger charge is -2.26. The van der Waals surface area contributed by atoms with Crippen molar-refractivity contribution in [2.45, 2.75) is 33.6 Å². The van der Waals surface area contributed by atoms with Crippen molar-refractivity contribution in [3.8, 4) is 0 Å². The average molecular weight is 251 g/mol. The Labute approximate surface area is 110 Å². The molecule has 0 atom stereocenters. The van der Waals surface area contributed by atoms with E-state index in [-0.39, 0.29) is 0 Å². The molecular weight excluding hydrogens is 226 g/mol. The maximum absolute atomic E-state index is 5.73. The fourth-order valence-electron chi connectivity index (χ4n) is 1.99. The maximum Gasteiger partial charge on any atom is 0.223 e. The highest BCUT2D eigenvalue weighted by Gasteiger charge is 2.13. The van der Waals surface area contributed by atoms with Crippen LogP contribution in [0.4, 0.5) is 17.6 Å². The fraction of sp³-hybridized carbons (Fsp3) is 0.692. The van der Waals surface area contributed by atoms with E-state index in [1.807, 2.05) is 13.1 Å². The van der Waals surface area contributed by atoms with Gasteiger partial charge in [0.1, 0.15) is 11.6 Å². The molecule has 18 heavy (non-hydrogen) atoms. The first-order valence-corrected chi connectivity index (χ1v) is 6.71.